The molecule has 2 amide bonds. The third-order valence-electron chi connectivity index (χ3n) is 5.11. The summed E-state index contributed by atoms with van der Waals surface area (Å²) in [6.07, 6.45) is 0.925. The lowest BCUT2D eigenvalue weighted by molar-refractivity contribution is -0.122. The number of carbonyl (C=O) groups excluding carboxylic acids is 2. The molecule has 0 spiro atoms. The van der Waals surface area contributed by atoms with E-state index in [0.717, 1.165) is 29.8 Å². The van der Waals surface area contributed by atoms with E-state index in [9.17, 15) is 18.4 Å². The second-order valence-corrected chi connectivity index (χ2v) is 7.90. The first-order valence-corrected chi connectivity index (χ1v) is 10.4. The molecule has 3 aromatic rings. The summed E-state index contributed by atoms with van der Waals surface area (Å²) < 4.78 is 26.6. The summed E-state index contributed by atoms with van der Waals surface area (Å²) in [6, 6.07) is 11.2. The minimum atomic E-state index is -0.956. The first-order valence-electron chi connectivity index (χ1n) is 9.56. The topological polar surface area (TPSA) is 62.3 Å². The van der Waals surface area contributed by atoms with Crippen LogP contribution in [0, 0.1) is 17.6 Å². The van der Waals surface area contributed by atoms with E-state index >= 15 is 0 Å². The molecule has 4 rings (SSSR count). The number of anilines is 2. The molecular weight excluding hydrogens is 408 g/mol. The molecule has 2 aromatic carbocycles. The Bertz CT molecular complexity index is 1120. The van der Waals surface area contributed by atoms with Crippen molar-refractivity contribution < 1.29 is 18.4 Å². The third kappa shape index (κ3) is 3.95. The fourth-order valence-electron chi connectivity index (χ4n) is 3.52. The van der Waals surface area contributed by atoms with Crippen molar-refractivity contribution in [3.63, 3.8) is 0 Å². The van der Waals surface area contributed by atoms with Gasteiger partial charge < -0.3 is 10.2 Å². The lowest BCUT2D eigenvalue weighted by atomic mass is 10.1. The Morgan fingerprint density at radius 3 is 2.80 bits per heavy atom. The molecule has 1 aliphatic heterocycles. The van der Waals surface area contributed by atoms with Gasteiger partial charge in [0.05, 0.1) is 11.6 Å². The van der Waals surface area contributed by atoms with E-state index in [0.29, 0.717) is 22.9 Å². The van der Waals surface area contributed by atoms with Crippen LogP contribution >= 0.6 is 11.3 Å². The number of nitrogens with zero attached hydrogens (tertiary/aromatic N) is 2. The normalized spacial score (nSPS) is 16.2. The fourth-order valence-corrected chi connectivity index (χ4v) is 4.24. The number of para-hydroxylation sites is 1. The maximum Gasteiger partial charge on any atom is 0.231 e. The summed E-state index contributed by atoms with van der Waals surface area (Å²) in [5, 5.41) is 4.75. The highest BCUT2D eigenvalue weighted by atomic mass is 32.1. The van der Waals surface area contributed by atoms with Crippen LogP contribution in [-0.4, -0.2) is 23.3 Å². The molecule has 8 heteroatoms. The van der Waals surface area contributed by atoms with Crippen LogP contribution in [0.3, 0.4) is 0 Å². The van der Waals surface area contributed by atoms with Crippen molar-refractivity contribution in [2.75, 3.05) is 16.8 Å². The van der Waals surface area contributed by atoms with Gasteiger partial charge in [-0.25, -0.2) is 13.8 Å². The standard InChI is InChI=1S/C22H19F2N3O2S/c1-2-13-5-3-4-6-19(13)27-11-15(10-20(27)28)21(29)26-22-25-18(12-30-22)14-7-8-16(23)17(24)9-14/h3-9,12,15H,2,10-11H2,1H3,(H,25,26,29). The van der Waals surface area contributed by atoms with Crippen molar-refractivity contribution in [1.29, 1.82) is 0 Å². The van der Waals surface area contributed by atoms with Crippen molar-refractivity contribution in [3.8, 4) is 11.3 Å². The number of aromatic nitrogens is 1. The minimum absolute atomic E-state index is 0.0855. The first kappa shape index (κ1) is 20.2. The number of halogens is 2. The maximum absolute atomic E-state index is 13.4. The fraction of sp³-hybridized carbons (Fsp3) is 0.227. The predicted octanol–water partition coefficient (Wildman–Crippen LogP) is 4.64. The highest BCUT2D eigenvalue weighted by molar-refractivity contribution is 7.14. The Morgan fingerprint density at radius 1 is 1.23 bits per heavy atom. The summed E-state index contributed by atoms with van der Waals surface area (Å²) in [5.74, 6) is -2.74. The Hall–Kier alpha value is -3.13. The highest BCUT2D eigenvalue weighted by Crippen LogP contribution is 2.30. The minimum Gasteiger partial charge on any atom is -0.311 e. The highest BCUT2D eigenvalue weighted by Gasteiger charge is 2.36. The average Bonchev–Trinajstić information content (AvgIpc) is 3.36. The van der Waals surface area contributed by atoms with Crippen LogP contribution in [0.2, 0.25) is 0 Å². The van der Waals surface area contributed by atoms with Crippen molar-refractivity contribution in [3.05, 3.63) is 65.0 Å². The summed E-state index contributed by atoms with van der Waals surface area (Å²) >= 11 is 1.19. The number of thiazole rings is 1. The molecule has 0 aliphatic carbocycles. The van der Waals surface area contributed by atoms with Gasteiger partial charge in [-0.2, -0.15) is 0 Å². The van der Waals surface area contributed by atoms with Gasteiger partial charge in [0, 0.05) is 29.6 Å². The van der Waals surface area contributed by atoms with Crippen LogP contribution < -0.4 is 10.2 Å². The lowest BCUT2D eigenvalue weighted by Crippen LogP contribution is -2.28. The molecule has 2 heterocycles. The molecule has 1 aromatic heterocycles. The van der Waals surface area contributed by atoms with Crippen molar-refractivity contribution in [1.82, 2.24) is 4.98 Å². The quantitative estimate of drug-likeness (QED) is 0.645. The molecule has 1 saturated heterocycles. The van der Waals surface area contributed by atoms with E-state index in [1.807, 2.05) is 31.2 Å². The molecule has 1 atom stereocenters. The zero-order chi connectivity index (χ0) is 21.3. The molecule has 1 aliphatic rings. The van der Waals surface area contributed by atoms with E-state index in [1.54, 1.807) is 10.3 Å². The molecule has 5 nitrogen and oxygen atoms in total. The Kier molecular flexibility index (Phi) is 5.59. The number of hydrogen-bond acceptors (Lipinski definition) is 4. The van der Waals surface area contributed by atoms with Gasteiger partial charge >= 0.3 is 0 Å². The van der Waals surface area contributed by atoms with Crippen molar-refractivity contribution in [2.45, 2.75) is 19.8 Å². The second-order valence-electron chi connectivity index (χ2n) is 7.04. The van der Waals surface area contributed by atoms with Crippen LogP contribution in [0.25, 0.3) is 11.3 Å². The predicted molar refractivity (Wildman–Crippen MR) is 112 cm³/mol. The van der Waals surface area contributed by atoms with Gasteiger partial charge in [0.1, 0.15) is 0 Å². The summed E-state index contributed by atoms with van der Waals surface area (Å²) in [5.41, 5.74) is 2.76. The Morgan fingerprint density at radius 2 is 2.03 bits per heavy atom. The Labute approximate surface area is 176 Å². The monoisotopic (exact) mass is 427 g/mol. The molecule has 30 heavy (non-hydrogen) atoms. The van der Waals surface area contributed by atoms with Crippen LogP contribution in [0.15, 0.2) is 47.8 Å². The van der Waals surface area contributed by atoms with E-state index in [2.05, 4.69) is 10.3 Å². The van der Waals surface area contributed by atoms with Crippen LogP contribution in [0.1, 0.15) is 18.9 Å². The lowest BCUT2D eigenvalue weighted by Gasteiger charge is -2.19. The number of rotatable bonds is 5. The number of benzene rings is 2. The van der Waals surface area contributed by atoms with E-state index < -0.39 is 17.6 Å². The molecule has 1 fully saturated rings. The zero-order valence-corrected chi connectivity index (χ0v) is 17.0. The SMILES string of the molecule is CCc1ccccc1N1CC(C(=O)Nc2nc(-c3ccc(F)c(F)c3)cs2)CC1=O. The molecule has 0 saturated carbocycles. The van der Waals surface area contributed by atoms with Crippen molar-refractivity contribution in [2.24, 2.45) is 5.92 Å². The van der Waals surface area contributed by atoms with Gasteiger partial charge in [0.15, 0.2) is 16.8 Å². The second kappa shape index (κ2) is 8.31. The van der Waals surface area contributed by atoms with Gasteiger partial charge in [-0.3, -0.25) is 9.59 Å². The van der Waals surface area contributed by atoms with Gasteiger partial charge in [0.2, 0.25) is 11.8 Å². The van der Waals surface area contributed by atoms with Gasteiger partial charge in [0.25, 0.3) is 0 Å². The smallest absolute Gasteiger partial charge is 0.231 e. The van der Waals surface area contributed by atoms with E-state index in [1.165, 1.54) is 17.4 Å². The third-order valence-corrected chi connectivity index (χ3v) is 5.87. The molecule has 0 bridgehead atoms. The average molecular weight is 427 g/mol. The molecule has 1 unspecified atom stereocenters. The molecule has 0 radical (unpaired) electrons. The number of aryl methyl sites for hydroxylation is 1. The van der Waals surface area contributed by atoms with E-state index in [-0.39, 0.29) is 18.2 Å². The summed E-state index contributed by atoms with van der Waals surface area (Å²) in [7, 11) is 0. The summed E-state index contributed by atoms with van der Waals surface area (Å²) in [4.78, 5) is 31.2. The number of amides is 2. The first-order chi connectivity index (χ1) is 14.5. The van der Waals surface area contributed by atoms with Crippen LogP contribution in [0.5, 0.6) is 0 Å². The van der Waals surface area contributed by atoms with Crippen LogP contribution in [-0.2, 0) is 16.0 Å². The van der Waals surface area contributed by atoms with Gasteiger partial charge in [-0.1, -0.05) is 25.1 Å². The summed E-state index contributed by atoms with van der Waals surface area (Å²) in [6.45, 7) is 2.33. The molecular formula is C22H19F2N3O2S. The largest absolute Gasteiger partial charge is 0.311 e. The number of hydrogen-bond donors (Lipinski definition) is 1. The zero-order valence-electron chi connectivity index (χ0n) is 16.2. The molecule has 154 valence electrons. The maximum atomic E-state index is 13.4. The van der Waals surface area contributed by atoms with Crippen LogP contribution in [0.4, 0.5) is 19.6 Å². The van der Waals surface area contributed by atoms with Crippen molar-refractivity contribution >= 4 is 34.0 Å². The van der Waals surface area contributed by atoms with Gasteiger partial charge in [-0.05, 0) is 36.2 Å². The molecule has 1 N–H and O–H groups in total. The number of nitrogens with one attached hydrogen (secondary N) is 1. The Balaban J connectivity index is 1.45. The van der Waals surface area contributed by atoms with Gasteiger partial charge in [-0.15, -0.1) is 11.3 Å². The number of carbonyl (C=O) groups is 2. The van der Waals surface area contributed by atoms with E-state index in [4.69, 9.17) is 0 Å².